The molecule has 1 amide bonds. The third-order valence-electron chi connectivity index (χ3n) is 7.41. The van der Waals surface area contributed by atoms with Gasteiger partial charge in [-0.25, -0.2) is 9.97 Å². The number of rotatable bonds is 8. The predicted molar refractivity (Wildman–Crippen MR) is 152 cm³/mol. The molecule has 0 saturated carbocycles. The first-order chi connectivity index (χ1) is 18.8. The maximum Gasteiger partial charge on any atom is 0.254 e. The molecule has 0 bridgehead atoms. The standard InChI is InChI=1S/C30H34N8O/c1-6-38-21(4)22(15-32-38)16-36(5)30(39)25-14-29(35-27-8-7-19(2)13-24(25)27)28-10-9-26(20(3)33-28)34-23-17-37(18-23)12-11-31/h7-10,13-15,23,34H,6,12,16-18H2,1-5H3. The molecule has 0 atom stereocenters. The van der Waals surface area contributed by atoms with Crippen molar-refractivity contribution in [1.82, 2.24) is 29.5 Å². The summed E-state index contributed by atoms with van der Waals surface area (Å²) in [5.41, 5.74) is 7.76. The molecule has 1 saturated heterocycles. The molecule has 1 fully saturated rings. The van der Waals surface area contributed by atoms with Crippen LogP contribution in [0.2, 0.25) is 0 Å². The molecule has 1 aliphatic heterocycles. The van der Waals surface area contributed by atoms with Crippen LogP contribution in [0.15, 0.2) is 42.6 Å². The second kappa shape index (κ2) is 10.8. The number of aryl methyl sites for hydroxylation is 3. The molecule has 200 valence electrons. The van der Waals surface area contributed by atoms with Crippen LogP contribution in [0.3, 0.4) is 0 Å². The van der Waals surface area contributed by atoms with Gasteiger partial charge >= 0.3 is 0 Å². The number of nitriles is 1. The summed E-state index contributed by atoms with van der Waals surface area (Å²) in [5.74, 6) is -0.0696. The number of nitrogens with zero attached hydrogens (tertiary/aromatic N) is 7. The molecule has 0 radical (unpaired) electrons. The van der Waals surface area contributed by atoms with Gasteiger partial charge < -0.3 is 10.2 Å². The van der Waals surface area contributed by atoms with Crippen molar-refractivity contribution in [2.24, 2.45) is 0 Å². The number of carbonyl (C=O) groups is 1. The van der Waals surface area contributed by atoms with E-state index in [4.69, 9.17) is 15.2 Å². The second-order valence-corrected chi connectivity index (χ2v) is 10.3. The molecule has 4 heterocycles. The van der Waals surface area contributed by atoms with Crippen LogP contribution < -0.4 is 5.32 Å². The molecule has 9 nitrogen and oxygen atoms in total. The summed E-state index contributed by atoms with van der Waals surface area (Å²) >= 11 is 0. The van der Waals surface area contributed by atoms with Crippen LogP contribution in [-0.2, 0) is 13.1 Å². The van der Waals surface area contributed by atoms with Crippen LogP contribution >= 0.6 is 0 Å². The highest BCUT2D eigenvalue weighted by Gasteiger charge is 2.26. The number of hydrogen-bond acceptors (Lipinski definition) is 7. The van der Waals surface area contributed by atoms with E-state index < -0.39 is 0 Å². The van der Waals surface area contributed by atoms with E-state index in [1.807, 2.05) is 75.1 Å². The van der Waals surface area contributed by atoms with Gasteiger partial charge in [-0.15, -0.1) is 0 Å². The van der Waals surface area contributed by atoms with E-state index in [2.05, 4.69) is 28.3 Å². The van der Waals surface area contributed by atoms with Gasteiger partial charge in [-0.1, -0.05) is 11.6 Å². The molecule has 0 unspecified atom stereocenters. The summed E-state index contributed by atoms with van der Waals surface area (Å²) in [7, 11) is 1.83. The monoisotopic (exact) mass is 522 g/mol. The molecule has 39 heavy (non-hydrogen) atoms. The summed E-state index contributed by atoms with van der Waals surface area (Å²) in [6.07, 6.45) is 1.84. The number of nitrogens with one attached hydrogen (secondary N) is 1. The van der Waals surface area contributed by atoms with Crippen molar-refractivity contribution in [3.05, 3.63) is 70.7 Å². The molecule has 1 aliphatic rings. The number of anilines is 1. The van der Waals surface area contributed by atoms with Crippen LogP contribution in [0, 0.1) is 32.1 Å². The lowest BCUT2D eigenvalue weighted by Crippen LogP contribution is -2.54. The molecule has 4 aromatic rings. The van der Waals surface area contributed by atoms with E-state index in [0.29, 0.717) is 30.4 Å². The van der Waals surface area contributed by atoms with Crippen molar-refractivity contribution in [2.45, 2.75) is 46.8 Å². The van der Waals surface area contributed by atoms with E-state index in [1.54, 1.807) is 4.90 Å². The van der Waals surface area contributed by atoms with Gasteiger partial charge in [0, 0.05) is 49.9 Å². The average molecular weight is 523 g/mol. The summed E-state index contributed by atoms with van der Waals surface area (Å²) in [4.78, 5) is 27.4. The molecule has 9 heteroatoms. The highest BCUT2D eigenvalue weighted by atomic mass is 16.2. The normalized spacial score (nSPS) is 13.7. The number of aromatic nitrogens is 4. The molecule has 3 aromatic heterocycles. The minimum absolute atomic E-state index is 0.0696. The molecular formula is C30H34N8O. The first-order valence-corrected chi connectivity index (χ1v) is 13.3. The molecule has 0 aliphatic carbocycles. The van der Waals surface area contributed by atoms with Crippen molar-refractivity contribution in [3.63, 3.8) is 0 Å². The predicted octanol–water partition coefficient (Wildman–Crippen LogP) is 4.33. The lowest BCUT2D eigenvalue weighted by Gasteiger charge is -2.38. The Labute approximate surface area is 229 Å². The fourth-order valence-electron chi connectivity index (χ4n) is 5.11. The number of likely N-dealkylation sites (tertiary alicyclic amines) is 1. The van der Waals surface area contributed by atoms with E-state index >= 15 is 0 Å². The lowest BCUT2D eigenvalue weighted by molar-refractivity contribution is 0.0787. The lowest BCUT2D eigenvalue weighted by atomic mass is 10.0. The van der Waals surface area contributed by atoms with Crippen molar-refractivity contribution >= 4 is 22.5 Å². The summed E-state index contributed by atoms with van der Waals surface area (Å²) in [6.45, 7) is 11.5. The van der Waals surface area contributed by atoms with E-state index in [9.17, 15) is 4.79 Å². The van der Waals surface area contributed by atoms with E-state index in [1.165, 1.54) is 0 Å². The van der Waals surface area contributed by atoms with Crippen LogP contribution in [-0.4, -0.2) is 68.2 Å². The molecule has 1 N–H and O–H groups in total. The van der Waals surface area contributed by atoms with Gasteiger partial charge in [-0.3, -0.25) is 14.4 Å². The summed E-state index contributed by atoms with van der Waals surface area (Å²) in [6, 6.07) is 14.3. The number of pyridine rings is 2. The van der Waals surface area contributed by atoms with E-state index in [-0.39, 0.29) is 5.91 Å². The van der Waals surface area contributed by atoms with Crippen LogP contribution in [0.4, 0.5) is 5.69 Å². The zero-order valence-corrected chi connectivity index (χ0v) is 23.2. The third kappa shape index (κ3) is 5.33. The summed E-state index contributed by atoms with van der Waals surface area (Å²) < 4.78 is 1.94. The van der Waals surface area contributed by atoms with Gasteiger partial charge in [0.05, 0.1) is 58.7 Å². The van der Waals surface area contributed by atoms with E-state index in [0.717, 1.165) is 64.4 Å². The highest BCUT2D eigenvalue weighted by molar-refractivity contribution is 6.07. The SMILES string of the molecule is CCn1ncc(CN(C)C(=O)c2cc(-c3ccc(NC4CN(CC#N)C4)c(C)n3)nc3ccc(C)cc23)c1C. The van der Waals surface area contributed by atoms with Gasteiger partial charge in [-0.05, 0) is 58.0 Å². The quantitative estimate of drug-likeness (QED) is 0.344. The number of amides is 1. The Morgan fingerprint density at radius 1 is 1.13 bits per heavy atom. The minimum Gasteiger partial charge on any atom is -0.378 e. The topological polar surface area (TPSA) is 103 Å². The number of hydrogen-bond donors (Lipinski definition) is 1. The number of benzene rings is 1. The molecule has 0 spiro atoms. The van der Waals surface area contributed by atoms with Gasteiger partial charge in [-0.2, -0.15) is 10.4 Å². The Bertz CT molecular complexity index is 1580. The first-order valence-electron chi connectivity index (χ1n) is 13.3. The zero-order valence-electron chi connectivity index (χ0n) is 23.2. The maximum atomic E-state index is 13.8. The highest BCUT2D eigenvalue weighted by Crippen LogP contribution is 2.28. The van der Waals surface area contributed by atoms with Gasteiger partial charge in [0.25, 0.3) is 5.91 Å². The summed E-state index contributed by atoms with van der Waals surface area (Å²) in [5, 5.41) is 17.6. The molecule has 1 aromatic carbocycles. The van der Waals surface area contributed by atoms with Crippen LogP contribution in [0.5, 0.6) is 0 Å². The van der Waals surface area contributed by atoms with Gasteiger partial charge in [0.2, 0.25) is 0 Å². The minimum atomic E-state index is -0.0696. The van der Waals surface area contributed by atoms with Gasteiger partial charge in [0.1, 0.15) is 0 Å². The fourth-order valence-corrected chi connectivity index (χ4v) is 5.11. The van der Waals surface area contributed by atoms with Crippen molar-refractivity contribution in [1.29, 1.82) is 5.26 Å². The Morgan fingerprint density at radius 3 is 2.62 bits per heavy atom. The third-order valence-corrected chi connectivity index (χ3v) is 7.41. The largest absolute Gasteiger partial charge is 0.378 e. The second-order valence-electron chi connectivity index (χ2n) is 10.3. The smallest absolute Gasteiger partial charge is 0.254 e. The van der Waals surface area contributed by atoms with Crippen molar-refractivity contribution in [2.75, 3.05) is 32.0 Å². The Balaban J connectivity index is 1.44. The van der Waals surface area contributed by atoms with Crippen molar-refractivity contribution in [3.8, 4) is 17.5 Å². The van der Waals surface area contributed by atoms with Crippen LogP contribution in [0.1, 0.15) is 39.8 Å². The molecular weight excluding hydrogens is 488 g/mol. The zero-order chi connectivity index (χ0) is 27.7. The number of carbonyl (C=O) groups excluding carboxylic acids is 1. The van der Waals surface area contributed by atoms with Crippen LogP contribution in [0.25, 0.3) is 22.3 Å². The Hall–Kier alpha value is -4.29. The van der Waals surface area contributed by atoms with Crippen molar-refractivity contribution < 1.29 is 4.79 Å². The molecule has 5 rings (SSSR count). The Morgan fingerprint density at radius 2 is 1.92 bits per heavy atom. The van der Waals surface area contributed by atoms with Gasteiger partial charge in [0.15, 0.2) is 0 Å². The average Bonchev–Trinajstić information content (AvgIpc) is 3.26. The number of fused-ring (bicyclic) bond motifs is 1. The maximum absolute atomic E-state index is 13.8. The first kappa shape index (κ1) is 26.3. The Kier molecular flexibility index (Phi) is 7.31. The fraction of sp³-hybridized carbons (Fsp3) is 0.367.